The van der Waals surface area contributed by atoms with Crippen molar-refractivity contribution < 1.29 is 4.43 Å². The van der Waals surface area contributed by atoms with E-state index in [1.807, 2.05) is 0 Å². The Morgan fingerprint density at radius 3 is 2.14 bits per heavy atom. The monoisotopic (exact) mass is 411 g/mol. The van der Waals surface area contributed by atoms with Gasteiger partial charge in [-0.3, -0.25) is 0 Å². The summed E-state index contributed by atoms with van der Waals surface area (Å²) in [5, 5.41) is 1.36. The van der Waals surface area contributed by atoms with Gasteiger partial charge in [-0.05, 0) is 52.6 Å². The van der Waals surface area contributed by atoms with Crippen LogP contribution in [0.3, 0.4) is 0 Å². The number of aromatic amines is 1. The van der Waals surface area contributed by atoms with Gasteiger partial charge in [0.2, 0.25) is 0 Å². The summed E-state index contributed by atoms with van der Waals surface area (Å²) in [5.74, 6) is 3.01. The molecule has 3 rings (SSSR count). The molecule has 1 aromatic carbocycles. The molecule has 1 aromatic heterocycles. The zero-order valence-corrected chi connectivity index (χ0v) is 20.8. The van der Waals surface area contributed by atoms with Crippen LogP contribution in [-0.4, -0.2) is 13.3 Å². The standard InChI is InChI=1S/C26H41NOSi/c1-17(2)22-14-13-21(28-29(18(3)4,19(5)6)20(7)8)15-24(22)25-16-27-26-12-10-9-11-23(25)26/h9-12,15-20,22,24,27H,13-14H2,1-8H3/t22?,24-/m1/s1. The highest BCUT2D eigenvalue weighted by Crippen LogP contribution is 2.48. The van der Waals surface area contributed by atoms with Crippen molar-refractivity contribution in [1.82, 2.24) is 4.98 Å². The maximum atomic E-state index is 7.12. The second-order valence-corrected chi connectivity index (χ2v) is 15.7. The minimum absolute atomic E-state index is 0.424. The molecule has 1 heterocycles. The van der Waals surface area contributed by atoms with Gasteiger partial charge in [0.15, 0.2) is 0 Å². The summed E-state index contributed by atoms with van der Waals surface area (Å²) in [7, 11) is -1.91. The molecule has 1 aliphatic rings. The van der Waals surface area contributed by atoms with E-state index in [4.69, 9.17) is 4.43 Å². The largest absolute Gasteiger partial charge is 0.546 e. The molecule has 0 saturated carbocycles. The van der Waals surface area contributed by atoms with E-state index in [1.54, 1.807) is 0 Å². The molecule has 0 amide bonds. The Labute approximate surface area is 179 Å². The third kappa shape index (κ3) is 4.08. The van der Waals surface area contributed by atoms with Gasteiger partial charge in [0.05, 0.1) is 5.76 Å². The quantitative estimate of drug-likeness (QED) is 0.454. The van der Waals surface area contributed by atoms with Crippen molar-refractivity contribution >= 4 is 19.2 Å². The number of allylic oxidation sites excluding steroid dienone is 2. The molecule has 29 heavy (non-hydrogen) atoms. The van der Waals surface area contributed by atoms with E-state index in [9.17, 15) is 0 Å². The van der Waals surface area contributed by atoms with Crippen molar-refractivity contribution in [3.05, 3.63) is 47.9 Å². The second-order valence-electron chi connectivity index (χ2n) is 10.3. The fourth-order valence-corrected chi connectivity index (χ4v) is 11.3. The molecule has 2 aromatic rings. The van der Waals surface area contributed by atoms with E-state index in [2.05, 4.69) is 96.9 Å². The summed E-state index contributed by atoms with van der Waals surface area (Å²) in [6, 6.07) is 8.71. The normalized spacial score (nSPS) is 20.9. The lowest BCUT2D eigenvalue weighted by molar-refractivity contribution is 0.265. The van der Waals surface area contributed by atoms with E-state index in [1.165, 1.54) is 28.6 Å². The first kappa shape index (κ1) is 22.2. The summed E-state index contributed by atoms with van der Waals surface area (Å²) in [5.41, 5.74) is 4.50. The van der Waals surface area contributed by atoms with Crippen LogP contribution in [0.4, 0.5) is 0 Å². The van der Waals surface area contributed by atoms with Gasteiger partial charge in [0.1, 0.15) is 0 Å². The summed E-state index contributed by atoms with van der Waals surface area (Å²) in [6.45, 7) is 19.0. The number of para-hydroxylation sites is 1. The van der Waals surface area contributed by atoms with E-state index in [0.717, 1.165) is 6.42 Å². The number of benzene rings is 1. The molecule has 160 valence electrons. The highest BCUT2D eigenvalue weighted by Gasteiger charge is 2.47. The number of nitrogens with one attached hydrogen (secondary N) is 1. The molecule has 1 unspecified atom stereocenters. The molecule has 0 saturated heterocycles. The van der Waals surface area contributed by atoms with E-state index < -0.39 is 8.32 Å². The lowest BCUT2D eigenvalue weighted by Gasteiger charge is -2.44. The van der Waals surface area contributed by atoms with Crippen molar-refractivity contribution in [1.29, 1.82) is 0 Å². The van der Waals surface area contributed by atoms with E-state index in [-0.39, 0.29) is 0 Å². The van der Waals surface area contributed by atoms with Crippen LogP contribution < -0.4 is 0 Å². The smallest absolute Gasteiger partial charge is 0.258 e. The topological polar surface area (TPSA) is 25.0 Å². The number of hydrogen-bond acceptors (Lipinski definition) is 1. The number of H-pyrrole nitrogens is 1. The highest BCUT2D eigenvalue weighted by atomic mass is 28.4. The Bertz CT molecular complexity index is 823. The predicted molar refractivity (Wildman–Crippen MR) is 129 cm³/mol. The second kappa shape index (κ2) is 8.71. The van der Waals surface area contributed by atoms with Crippen LogP contribution in [0, 0.1) is 11.8 Å². The number of fused-ring (bicyclic) bond motifs is 1. The molecular formula is C26H41NOSi. The van der Waals surface area contributed by atoms with Gasteiger partial charge in [-0.25, -0.2) is 0 Å². The summed E-state index contributed by atoms with van der Waals surface area (Å²) >= 11 is 0. The molecule has 1 aliphatic carbocycles. The molecule has 0 bridgehead atoms. The minimum atomic E-state index is -1.91. The van der Waals surface area contributed by atoms with Crippen LogP contribution in [0.15, 0.2) is 42.3 Å². The van der Waals surface area contributed by atoms with E-state index in [0.29, 0.717) is 34.4 Å². The zero-order valence-electron chi connectivity index (χ0n) is 19.8. The van der Waals surface area contributed by atoms with Crippen LogP contribution in [0.5, 0.6) is 0 Å². The molecule has 0 spiro atoms. The number of rotatable bonds is 7. The first-order valence-corrected chi connectivity index (χ1v) is 13.8. The maximum absolute atomic E-state index is 7.12. The van der Waals surface area contributed by atoms with Gasteiger partial charge in [-0.15, -0.1) is 0 Å². The fourth-order valence-electron chi connectivity index (χ4n) is 6.00. The van der Waals surface area contributed by atoms with Gasteiger partial charge in [0.25, 0.3) is 8.32 Å². The summed E-state index contributed by atoms with van der Waals surface area (Å²) < 4.78 is 7.12. The van der Waals surface area contributed by atoms with Gasteiger partial charge in [0, 0.05) is 29.4 Å². The van der Waals surface area contributed by atoms with Crippen LogP contribution in [0.1, 0.15) is 79.7 Å². The average molecular weight is 412 g/mol. The van der Waals surface area contributed by atoms with Crippen LogP contribution >= 0.6 is 0 Å². The Balaban J connectivity index is 2.03. The Morgan fingerprint density at radius 1 is 0.931 bits per heavy atom. The molecule has 1 N–H and O–H groups in total. The van der Waals surface area contributed by atoms with Gasteiger partial charge < -0.3 is 9.41 Å². The van der Waals surface area contributed by atoms with Crippen LogP contribution in [0.25, 0.3) is 10.9 Å². The fraction of sp³-hybridized carbons (Fsp3) is 0.615. The molecule has 2 nitrogen and oxygen atoms in total. The van der Waals surface area contributed by atoms with E-state index >= 15 is 0 Å². The third-order valence-corrected chi connectivity index (χ3v) is 13.4. The summed E-state index contributed by atoms with van der Waals surface area (Å²) in [4.78, 5) is 3.50. The first-order chi connectivity index (χ1) is 13.7. The molecule has 2 atom stereocenters. The Morgan fingerprint density at radius 2 is 1.55 bits per heavy atom. The average Bonchev–Trinajstić information content (AvgIpc) is 3.09. The number of hydrogen-bond donors (Lipinski definition) is 1. The van der Waals surface area contributed by atoms with Crippen molar-refractivity contribution in [2.45, 2.75) is 90.8 Å². The zero-order chi connectivity index (χ0) is 21.3. The SMILES string of the molecule is CC(C)C1CCC(O[Si](C(C)C)(C(C)C)C(C)C)=C[C@H]1c1c[nH]c2ccccc12. The Kier molecular flexibility index (Phi) is 6.67. The van der Waals surface area contributed by atoms with Crippen molar-refractivity contribution in [2.24, 2.45) is 11.8 Å². The molecule has 0 aliphatic heterocycles. The summed E-state index contributed by atoms with van der Waals surface area (Å²) in [6.07, 6.45) is 7.04. The van der Waals surface area contributed by atoms with Crippen LogP contribution in [0.2, 0.25) is 16.6 Å². The van der Waals surface area contributed by atoms with Crippen LogP contribution in [-0.2, 0) is 4.43 Å². The molecular weight excluding hydrogens is 370 g/mol. The van der Waals surface area contributed by atoms with Gasteiger partial charge >= 0.3 is 0 Å². The lowest BCUT2D eigenvalue weighted by Crippen LogP contribution is -2.47. The van der Waals surface area contributed by atoms with Crippen molar-refractivity contribution in [3.63, 3.8) is 0 Å². The van der Waals surface area contributed by atoms with Crippen molar-refractivity contribution in [2.75, 3.05) is 0 Å². The molecule has 3 heteroatoms. The predicted octanol–water partition coefficient (Wildman–Crippen LogP) is 8.39. The van der Waals surface area contributed by atoms with Crippen molar-refractivity contribution in [3.8, 4) is 0 Å². The molecule has 0 radical (unpaired) electrons. The maximum Gasteiger partial charge on any atom is 0.258 e. The van der Waals surface area contributed by atoms with Gasteiger partial charge in [-0.1, -0.05) is 73.6 Å². The lowest BCUT2D eigenvalue weighted by atomic mass is 9.73. The number of aromatic nitrogens is 1. The molecule has 0 fully saturated rings. The third-order valence-electron chi connectivity index (χ3n) is 7.40. The minimum Gasteiger partial charge on any atom is -0.546 e. The first-order valence-electron chi connectivity index (χ1n) is 11.6. The Hall–Kier alpha value is -1.48. The highest BCUT2D eigenvalue weighted by molar-refractivity contribution is 6.77. The van der Waals surface area contributed by atoms with Gasteiger partial charge in [-0.2, -0.15) is 0 Å².